The zero-order chi connectivity index (χ0) is 15.3. The zero-order valence-corrected chi connectivity index (χ0v) is 12.5. The van der Waals surface area contributed by atoms with Crippen LogP contribution in [0.3, 0.4) is 0 Å². The average molecular weight is 316 g/mol. The molecule has 1 aliphatic carbocycles. The molecule has 0 radical (unpaired) electrons. The Morgan fingerprint density at radius 2 is 1.91 bits per heavy atom. The third-order valence-electron chi connectivity index (χ3n) is 4.34. The second-order valence-electron chi connectivity index (χ2n) is 5.62. The standard InChI is InChI=1S/C16H14ClN3O2/c17-9-5-2-1-4-8(9)12-13-10(6-3-7-11(13)21)18-15-14(12)16(22)20-19-15/h1-2,4-5,12H,3,6-7H2,(H3,18,19,20,22)/t12-/m1/s1. The van der Waals surface area contributed by atoms with E-state index in [1.165, 1.54) is 0 Å². The van der Waals surface area contributed by atoms with Crippen molar-refractivity contribution in [2.24, 2.45) is 0 Å². The number of carbonyl (C=O) groups excluding carboxylic acids is 1. The lowest BCUT2D eigenvalue weighted by Crippen LogP contribution is -2.29. The fraction of sp³-hybridized carbons (Fsp3) is 0.250. The van der Waals surface area contributed by atoms with Crippen LogP contribution >= 0.6 is 11.6 Å². The maximum absolute atomic E-state index is 12.5. The Bertz CT molecular complexity index is 862. The van der Waals surface area contributed by atoms with Crippen molar-refractivity contribution in [3.05, 3.63) is 62.0 Å². The van der Waals surface area contributed by atoms with Gasteiger partial charge in [0.1, 0.15) is 5.82 Å². The molecule has 0 bridgehead atoms. The number of allylic oxidation sites excluding steroid dienone is 2. The maximum atomic E-state index is 12.5. The number of nitrogens with one attached hydrogen (secondary N) is 3. The summed E-state index contributed by atoms with van der Waals surface area (Å²) in [5, 5.41) is 9.21. The Kier molecular flexibility index (Phi) is 2.97. The number of anilines is 1. The number of Topliss-reactive ketones (excluding diaryl/α,β-unsaturated/α-hetero) is 1. The monoisotopic (exact) mass is 315 g/mol. The molecule has 6 heteroatoms. The molecule has 2 heterocycles. The first-order chi connectivity index (χ1) is 10.7. The number of aromatic nitrogens is 2. The predicted molar refractivity (Wildman–Crippen MR) is 84.2 cm³/mol. The lowest BCUT2D eigenvalue weighted by atomic mass is 9.77. The molecule has 0 fully saturated rings. The number of carbonyl (C=O) groups is 1. The van der Waals surface area contributed by atoms with E-state index in [2.05, 4.69) is 15.5 Å². The number of hydrogen-bond acceptors (Lipinski definition) is 3. The first-order valence-electron chi connectivity index (χ1n) is 7.25. The number of halogens is 1. The zero-order valence-electron chi connectivity index (χ0n) is 11.7. The van der Waals surface area contributed by atoms with E-state index >= 15 is 0 Å². The van der Waals surface area contributed by atoms with Gasteiger partial charge in [-0.3, -0.25) is 19.8 Å². The quantitative estimate of drug-likeness (QED) is 0.757. The fourth-order valence-electron chi connectivity index (χ4n) is 3.39. The van der Waals surface area contributed by atoms with E-state index in [0.717, 1.165) is 24.1 Å². The number of ketones is 1. The molecule has 0 spiro atoms. The van der Waals surface area contributed by atoms with Crippen LogP contribution < -0.4 is 10.9 Å². The van der Waals surface area contributed by atoms with Crippen LogP contribution in [0.25, 0.3) is 0 Å². The molecule has 4 rings (SSSR count). The lowest BCUT2D eigenvalue weighted by molar-refractivity contribution is -0.116. The van der Waals surface area contributed by atoms with Crippen LogP contribution in [-0.4, -0.2) is 16.0 Å². The van der Waals surface area contributed by atoms with Gasteiger partial charge < -0.3 is 5.32 Å². The van der Waals surface area contributed by atoms with Crippen LogP contribution in [0.15, 0.2) is 40.3 Å². The minimum atomic E-state index is -0.414. The summed E-state index contributed by atoms with van der Waals surface area (Å²) in [6.07, 6.45) is 2.14. The van der Waals surface area contributed by atoms with Crippen LogP contribution in [0.4, 0.5) is 5.82 Å². The molecular weight excluding hydrogens is 302 g/mol. The summed E-state index contributed by atoms with van der Waals surface area (Å²) in [5.74, 6) is 0.302. The molecule has 5 nitrogen and oxygen atoms in total. The minimum absolute atomic E-state index is 0.0879. The smallest absolute Gasteiger partial charge is 0.270 e. The van der Waals surface area contributed by atoms with Gasteiger partial charge in [-0.25, -0.2) is 0 Å². The van der Waals surface area contributed by atoms with Crippen molar-refractivity contribution in [2.45, 2.75) is 25.2 Å². The Balaban J connectivity index is 2.01. The van der Waals surface area contributed by atoms with Crippen molar-refractivity contribution in [1.82, 2.24) is 10.2 Å². The van der Waals surface area contributed by atoms with Gasteiger partial charge in [0.05, 0.1) is 5.56 Å². The van der Waals surface area contributed by atoms with Gasteiger partial charge in [-0.15, -0.1) is 0 Å². The van der Waals surface area contributed by atoms with Crippen molar-refractivity contribution in [3.8, 4) is 0 Å². The van der Waals surface area contributed by atoms with Crippen molar-refractivity contribution in [3.63, 3.8) is 0 Å². The SMILES string of the molecule is O=C1CCCC2=C1[C@@H](c1ccccc1Cl)c1c([nH][nH]c1=O)N2. The highest BCUT2D eigenvalue weighted by Crippen LogP contribution is 2.44. The van der Waals surface area contributed by atoms with Crippen molar-refractivity contribution in [1.29, 1.82) is 0 Å². The summed E-state index contributed by atoms with van der Waals surface area (Å²) in [4.78, 5) is 24.7. The highest BCUT2D eigenvalue weighted by Gasteiger charge is 2.38. The van der Waals surface area contributed by atoms with Gasteiger partial charge in [-0.2, -0.15) is 0 Å². The third-order valence-corrected chi connectivity index (χ3v) is 4.68. The molecule has 2 aromatic rings. The molecule has 1 aliphatic heterocycles. The van der Waals surface area contributed by atoms with Crippen molar-refractivity contribution in [2.75, 3.05) is 5.32 Å². The molecule has 1 atom stereocenters. The van der Waals surface area contributed by atoms with E-state index in [0.29, 0.717) is 28.4 Å². The van der Waals surface area contributed by atoms with E-state index in [9.17, 15) is 9.59 Å². The summed E-state index contributed by atoms with van der Waals surface area (Å²) >= 11 is 6.35. The number of fused-ring (bicyclic) bond motifs is 1. The molecule has 2 aliphatic rings. The Morgan fingerprint density at radius 3 is 2.73 bits per heavy atom. The number of benzene rings is 1. The van der Waals surface area contributed by atoms with Crippen LogP contribution in [0.1, 0.15) is 36.3 Å². The van der Waals surface area contributed by atoms with Crippen LogP contribution in [0, 0.1) is 0 Å². The van der Waals surface area contributed by atoms with Gasteiger partial charge in [0.25, 0.3) is 5.56 Å². The van der Waals surface area contributed by atoms with Gasteiger partial charge in [0, 0.05) is 28.6 Å². The summed E-state index contributed by atoms with van der Waals surface area (Å²) in [6, 6.07) is 7.37. The Labute approximate surface area is 131 Å². The van der Waals surface area contributed by atoms with Crippen LogP contribution in [0.5, 0.6) is 0 Å². The second-order valence-corrected chi connectivity index (χ2v) is 6.02. The first kappa shape index (κ1) is 13.4. The van der Waals surface area contributed by atoms with Crippen LogP contribution in [-0.2, 0) is 4.79 Å². The third kappa shape index (κ3) is 1.85. The van der Waals surface area contributed by atoms with Crippen molar-refractivity contribution < 1.29 is 4.79 Å². The number of H-pyrrole nitrogens is 2. The van der Waals surface area contributed by atoms with E-state index in [4.69, 9.17) is 11.6 Å². The second kappa shape index (κ2) is 4.88. The molecule has 0 amide bonds. The van der Waals surface area contributed by atoms with Gasteiger partial charge in [-0.05, 0) is 24.5 Å². The molecule has 112 valence electrons. The maximum Gasteiger partial charge on any atom is 0.270 e. The Morgan fingerprint density at radius 1 is 1.09 bits per heavy atom. The summed E-state index contributed by atoms with van der Waals surface area (Å²) in [5.41, 5.74) is 2.67. The minimum Gasteiger partial charge on any atom is -0.343 e. The molecular formula is C16H14ClN3O2. The van der Waals surface area contributed by atoms with Gasteiger partial charge in [0.2, 0.25) is 0 Å². The topological polar surface area (TPSA) is 77.8 Å². The fourth-order valence-corrected chi connectivity index (χ4v) is 3.63. The summed E-state index contributed by atoms with van der Waals surface area (Å²) in [7, 11) is 0. The normalized spacial score (nSPS) is 20.4. The molecule has 22 heavy (non-hydrogen) atoms. The highest BCUT2D eigenvalue weighted by molar-refractivity contribution is 6.31. The van der Waals surface area contributed by atoms with E-state index in [-0.39, 0.29) is 11.3 Å². The molecule has 3 N–H and O–H groups in total. The largest absolute Gasteiger partial charge is 0.343 e. The molecule has 1 aromatic carbocycles. The van der Waals surface area contributed by atoms with E-state index < -0.39 is 5.92 Å². The molecule has 0 unspecified atom stereocenters. The number of hydrogen-bond donors (Lipinski definition) is 3. The van der Waals surface area contributed by atoms with E-state index in [1.54, 1.807) is 6.07 Å². The van der Waals surface area contributed by atoms with E-state index in [1.807, 2.05) is 18.2 Å². The highest BCUT2D eigenvalue weighted by atomic mass is 35.5. The number of aromatic amines is 2. The summed E-state index contributed by atoms with van der Waals surface area (Å²) < 4.78 is 0. The Hall–Kier alpha value is -2.27. The van der Waals surface area contributed by atoms with Crippen molar-refractivity contribution >= 4 is 23.2 Å². The van der Waals surface area contributed by atoms with Crippen LogP contribution in [0.2, 0.25) is 5.02 Å². The van der Waals surface area contributed by atoms with Gasteiger partial charge in [0.15, 0.2) is 5.78 Å². The molecule has 1 aromatic heterocycles. The molecule has 0 saturated heterocycles. The lowest BCUT2D eigenvalue weighted by Gasteiger charge is -2.31. The average Bonchev–Trinajstić information content (AvgIpc) is 2.88. The number of rotatable bonds is 1. The first-order valence-corrected chi connectivity index (χ1v) is 7.63. The van der Waals surface area contributed by atoms with Gasteiger partial charge in [-0.1, -0.05) is 29.8 Å². The van der Waals surface area contributed by atoms with Gasteiger partial charge >= 0.3 is 0 Å². The predicted octanol–water partition coefficient (Wildman–Crippen LogP) is 2.92. The molecule has 0 saturated carbocycles. The summed E-state index contributed by atoms with van der Waals surface area (Å²) in [6.45, 7) is 0.